The number of rotatable bonds is 3. The molecule has 0 aromatic heterocycles. The molecule has 19 heavy (non-hydrogen) atoms. The fourth-order valence-electron chi connectivity index (χ4n) is 1.62. The highest BCUT2D eigenvalue weighted by Gasteiger charge is 2.03. The SMILES string of the molecule is C/C(N=Nc1ccc([N+](=O)[O-])cc1)=C1\C=CC=CC1. The Hall–Kier alpha value is -2.56. The lowest BCUT2D eigenvalue weighted by molar-refractivity contribution is -0.384. The van der Waals surface area contributed by atoms with E-state index in [4.69, 9.17) is 0 Å². The fraction of sp³-hybridized carbons (Fsp3) is 0.143. The van der Waals surface area contributed by atoms with E-state index < -0.39 is 4.92 Å². The highest BCUT2D eigenvalue weighted by molar-refractivity contribution is 5.43. The molecule has 96 valence electrons. The number of nitro groups is 1. The molecule has 0 heterocycles. The van der Waals surface area contributed by atoms with Crippen LogP contribution in [0.4, 0.5) is 11.4 Å². The molecule has 0 saturated heterocycles. The van der Waals surface area contributed by atoms with Crippen LogP contribution in [0.2, 0.25) is 0 Å². The molecule has 0 radical (unpaired) electrons. The Morgan fingerprint density at radius 2 is 2.00 bits per heavy atom. The summed E-state index contributed by atoms with van der Waals surface area (Å²) in [5.41, 5.74) is 2.61. The van der Waals surface area contributed by atoms with Crippen molar-refractivity contribution in [2.45, 2.75) is 13.3 Å². The van der Waals surface area contributed by atoms with Gasteiger partial charge in [-0.25, -0.2) is 0 Å². The summed E-state index contributed by atoms with van der Waals surface area (Å²) in [4.78, 5) is 10.1. The van der Waals surface area contributed by atoms with E-state index in [1.54, 1.807) is 12.1 Å². The zero-order valence-electron chi connectivity index (χ0n) is 10.5. The highest BCUT2D eigenvalue weighted by atomic mass is 16.6. The molecule has 0 aliphatic heterocycles. The molecule has 5 heteroatoms. The predicted molar refractivity (Wildman–Crippen MR) is 73.2 cm³/mol. The van der Waals surface area contributed by atoms with Crippen molar-refractivity contribution >= 4 is 11.4 Å². The highest BCUT2D eigenvalue weighted by Crippen LogP contribution is 2.21. The number of nitrogens with zero attached hydrogens (tertiary/aromatic N) is 3. The molecular formula is C14H13N3O2. The van der Waals surface area contributed by atoms with Crippen molar-refractivity contribution in [3.05, 3.63) is 70.0 Å². The second kappa shape index (κ2) is 5.86. The molecule has 2 rings (SSSR count). The van der Waals surface area contributed by atoms with Crippen molar-refractivity contribution in [2.24, 2.45) is 10.2 Å². The predicted octanol–water partition coefficient (Wildman–Crippen LogP) is 4.47. The third-order valence-electron chi connectivity index (χ3n) is 2.72. The minimum atomic E-state index is -0.437. The van der Waals surface area contributed by atoms with Crippen LogP contribution in [0, 0.1) is 10.1 Å². The van der Waals surface area contributed by atoms with Gasteiger partial charge in [-0.2, -0.15) is 10.2 Å². The second-order valence-corrected chi connectivity index (χ2v) is 4.08. The van der Waals surface area contributed by atoms with Gasteiger partial charge in [0.1, 0.15) is 0 Å². The molecule has 0 spiro atoms. The maximum absolute atomic E-state index is 10.5. The lowest BCUT2D eigenvalue weighted by atomic mass is 10.1. The van der Waals surface area contributed by atoms with Crippen LogP contribution < -0.4 is 0 Å². The maximum Gasteiger partial charge on any atom is 0.269 e. The monoisotopic (exact) mass is 255 g/mol. The number of non-ortho nitro benzene ring substituents is 1. The van der Waals surface area contributed by atoms with Gasteiger partial charge in [0.05, 0.1) is 16.3 Å². The van der Waals surface area contributed by atoms with E-state index >= 15 is 0 Å². The summed E-state index contributed by atoms with van der Waals surface area (Å²) in [5.74, 6) is 0. The number of nitro benzene ring substituents is 1. The van der Waals surface area contributed by atoms with E-state index in [2.05, 4.69) is 16.3 Å². The van der Waals surface area contributed by atoms with Crippen LogP contribution in [0.15, 0.2) is 70.1 Å². The normalized spacial score (nSPS) is 16.9. The Kier molecular flexibility index (Phi) is 3.97. The van der Waals surface area contributed by atoms with Gasteiger partial charge in [0.15, 0.2) is 0 Å². The first kappa shape index (κ1) is 12.9. The molecule has 5 nitrogen and oxygen atoms in total. The van der Waals surface area contributed by atoms with Crippen molar-refractivity contribution in [3.63, 3.8) is 0 Å². The maximum atomic E-state index is 10.5. The molecule has 0 atom stereocenters. The summed E-state index contributed by atoms with van der Waals surface area (Å²) >= 11 is 0. The Balaban J connectivity index is 2.12. The lowest BCUT2D eigenvalue weighted by Gasteiger charge is -2.03. The van der Waals surface area contributed by atoms with E-state index in [1.807, 2.05) is 25.2 Å². The van der Waals surface area contributed by atoms with Crippen LogP contribution in [0.25, 0.3) is 0 Å². The van der Waals surface area contributed by atoms with Crippen LogP contribution >= 0.6 is 0 Å². The molecular weight excluding hydrogens is 242 g/mol. The van der Waals surface area contributed by atoms with Crippen molar-refractivity contribution in [1.82, 2.24) is 0 Å². The number of allylic oxidation sites excluding steroid dienone is 6. The third kappa shape index (κ3) is 3.45. The van der Waals surface area contributed by atoms with Crippen LogP contribution in [-0.2, 0) is 0 Å². The Morgan fingerprint density at radius 1 is 1.26 bits per heavy atom. The third-order valence-corrected chi connectivity index (χ3v) is 2.72. The first-order valence-electron chi connectivity index (χ1n) is 5.86. The Bertz CT molecular complexity index is 596. The number of hydrogen-bond donors (Lipinski definition) is 0. The zero-order valence-corrected chi connectivity index (χ0v) is 10.5. The molecule has 0 amide bonds. The van der Waals surface area contributed by atoms with Gasteiger partial charge in [0, 0.05) is 12.1 Å². The van der Waals surface area contributed by atoms with E-state index in [9.17, 15) is 10.1 Å². The van der Waals surface area contributed by atoms with Crippen molar-refractivity contribution in [2.75, 3.05) is 0 Å². The van der Waals surface area contributed by atoms with E-state index in [0.717, 1.165) is 17.7 Å². The molecule has 1 aliphatic rings. The first-order chi connectivity index (χ1) is 9.16. The number of azo groups is 1. The second-order valence-electron chi connectivity index (χ2n) is 4.08. The summed E-state index contributed by atoms with van der Waals surface area (Å²) in [6.07, 6.45) is 8.86. The van der Waals surface area contributed by atoms with Gasteiger partial charge < -0.3 is 0 Å². The van der Waals surface area contributed by atoms with Gasteiger partial charge in [0.2, 0.25) is 0 Å². The van der Waals surface area contributed by atoms with E-state index in [1.165, 1.54) is 12.1 Å². The topological polar surface area (TPSA) is 67.9 Å². The summed E-state index contributed by atoms with van der Waals surface area (Å²) in [5, 5.41) is 18.7. The van der Waals surface area contributed by atoms with E-state index in [-0.39, 0.29) is 5.69 Å². The molecule has 1 aliphatic carbocycles. The van der Waals surface area contributed by atoms with Crippen LogP contribution in [0.5, 0.6) is 0 Å². The summed E-state index contributed by atoms with van der Waals surface area (Å²) in [6.45, 7) is 1.90. The van der Waals surface area contributed by atoms with Crippen LogP contribution in [0.3, 0.4) is 0 Å². The van der Waals surface area contributed by atoms with Crippen LogP contribution in [-0.4, -0.2) is 4.92 Å². The molecule has 0 saturated carbocycles. The van der Waals surface area contributed by atoms with Gasteiger partial charge in [-0.05, 0) is 31.1 Å². The summed E-state index contributed by atoms with van der Waals surface area (Å²) in [7, 11) is 0. The Morgan fingerprint density at radius 3 is 2.58 bits per heavy atom. The lowest BCUT2D eigenvalue weighted by Crippen LogP contribution is -1.86. The van der Waals surface area contributed by atoms with E-state index in [0.29, 0.717) is 5.69 Å². The van der Waals surface area contributed by atoms with Gasteiger partial charge >= 0.3 is 0 Å². The van der Waals surface area contributed by atoms with Gasteiger partial charge in [-0.15, -0.1) is 0 Å². The first-order valence-corrected chi connectivity index (χ1v) is 5.86. The average molecular weight is 255 g/mol. The average Bonchev–Trinajstić information content (AvgIpc) is 2.46. The standard InChI is InChI=1S/C14H13N3O2/c1-11(12-5-3-2-4-6-12)15-16-13-7-9-14(10-8-13)17(18)19/h2-5,7-10H,6H2,1H3/b12-11-,16-15?. The molecule has 1 aromatic rings. The minimum Gasteiger partial charge on any atom is -0.258 e. The largest absolute Gasteiger partial charge is 0.269 e. The molecule has 0 N–H and O–H groups in total. The minimum absolute atomic E-state index is 0.0503. The summed E-state index contributed by atoms with van der Waals surface area (Å²) < 4.78 is 0. The zero-order chi connectivity index (χ0) is 13.7. The van der Waals surface area contributed by atoms with Crippen molar-refractivity contribution < 1.29 is 4.92 Å². The Labute approximate surface area is 110 Å². The van der Waals surface area contributed by atoms with Gasteiger partial charge in [0.25, 0.3) is 5.69 Å². The molecule has 0 unspecified atom stereocenters. The fourth-order valence-corrected chi connectivity index (χ4v) is 1.62. The molecule has 0 bridgehead atoms. The van der Waals surface area contributed by atoms with Crippen molar-refractivity contribution in [1.29, 1.82) is 0 Å². The number of hydrogen-bond acceptors (Lipinski definition) is 4. The van der Waals surface area contributed by atoms with Crippen LogP contribution in [0.1, 0.15) is 13.3 Å². The smallest absolute Gasteiger partial charge is 0.258 e. The molecule has 0 fully saturated rings. The van der Waals surface area contributed by atoms with Crippen molar-refractivity contribution in [3.8, 4) is 0 Å². The molecule has 1 aromatic carbocycles. The van der Waals surface area contributed by atoms with Gasteiger partial charge in [-0.3, -0.25) is 10.1 Å². The summed E-state index contributed by atoms with van der Waals surface area (Å²) in [6, 6.07) is 5.99. The van der Waals surface area contributed by atoms with Gasteiger partial charge in [-0.1, -0.05) is 24.3 Å². The number of benzene rings is 1. The quantitative estimate of drug-likeness (QED) is 0.454.